The van der Waals surface area contributed by atoms with Crippen LogP contribution in [0.2, 0.25) is 0 Å². The van der Waals surface area contributed by atoms with Gasteiger partial charge in [-0.25, -0.2) is 4.90 Å². The molecule has 2 bridgehead atoms. The first kappa shape index (κ1) is 30.0. The van der Waals surface area contributed by atoms with E-state index in [-0.39, 0.29) is 40.4 Å². The minimum atomic E-state index is -2.02. The van der Waals surface area contributed by atoms with E-state index < -0.39 is 49.6 Å². The number of para-hydroxylation sites is 1. The average molecular weight is 691 g/mol. The number of ether oxygens (including phenoxy) is 1. The van der Waals surface area contributed by atoms with Crippen molar-refractivity contribution in [1.82, 2.24) is 0 Å². The van der Waals surface area contributed by atoms with E-state index in [1.165, 1.54) is 18.2 Å². The maximum Gasteiger partial charge on any atom is 0.316 e. The highest BCUT2D eigenvalue weighted by molar-refractivity contribution is 6.67. The van der Waals surface area contributed by atoms with Crippen LogP contribution in [0.4, 0.5) is 11.4 Å². The summed E-state index contributed by atoms with van der Waals surface area (Å²) >= 11 is 39.4. The standard InChI is InChI=1S/C29H22Cl6N2O5/c1-12-5-4-6-13(2)21(12)36-11-15(10-18(36)38)26(41)42-16-7-8-17(14(3)9-16)37-24(39)19-20(25(37)40)28(33)23(31)22(30)27(19,32)29(28,34)35/h4-9,15,19-20H,10-11H2,1-3H3/t15-,19-,20-,27-,28-/m1/s1. The van der Waals surface area contributed by atoms with Crippen molar-refractivity contribution in [3.8, 4) is 5.75 Å². The van der Waals surface area contributed by atoms with Crippen LogP contribution in [-0.4, -0.2) is 44.3 Å². The second kappa shape index (κ2) is 9.75. The summed E-state index contributed by atoms with van der Waals surface area (Å²) in [5.74, 6) is -5.08. The maximum absolute atomic E-state index is 13.7. The van der Waals surface area contributed by atoms with Gasteiger partial charge in [-0.2, -0.15) is 0 Å². The van der Waals surface area contributed by atoms with Crippen LogP contribution < -0.4 is 14.5 Å². The molecular weight excluding hydrogens is 669 g/mol. The molecule has 2 aromatic rings. The number of carbonyl (C=O) groups excluding carboxylic acids is 4. The van der Waals surface area contributed by atoms with Gasteiger partial charge >= 0.3 is 5.97 Å². The Balaban J connectivity index is 1.22. The molecule has 0 N–H and O–H groups in total. The molecule has 6 rings (SSSR count). The van der Waals surface area contributed by atoms with Crippen LogP contribution in [0.5, 0.6) is 5.75 Å². The molecule has 0 aromatic heterocycles. The number of aryl methyl sites for hydroxylation is 3. The van der Waals surface area contributed by atoms with Gasteiger partial charge < -0.3 is 9.64 Å². The van der Waals surface area contributed by atoms with Gasteiger partial charge in [-0.3, -0.25) is 19.2 Å². The fraction of sp³-hybridized carbons (Fsp3) is 0.379. The number of halogens is 6. The molecule has 42 heavy (non-hydrogen) atoms. The van der Waals surface area contributed by atoms with Crippen LogP contribution in [0, 0.1) is 38.5 Å². The summed E-state index contributed by atoms with van der Waals surface area (Å²) in [6.07, 6.45) is 0.0192. The Bertz CT molecular complexity index is 1590. The molecule has 7 nitrogen and oxygen atoms in total. The van der Waals surface area contributed by atoms with Gasteiger partial charge in [0.2, 0.25) is 17.7 Å². The molecular formula is C29H22Cl6N2O5. The van der Waals surface area contributed by atoms with Crippen molar-refractivity contribution in [3.63, 3.8) is 0 Å². The van der Waals surface area contributed by atoms with Gasteiger partial charge in [0.25, 0.3) is 0 Å². The number of anilines is 2. The normalized spacial score (nSPS) is 31.5. The average Bonchev–Trinajstić information content (AvgIpc) is 3.50. The van der Waals surface area contributed by atoms with Gasteiger partial charge in [-0.1, -0.05) is 64.6 Å². The zero-order valence-electron chi connectivity index (χ0n) is 22.3. The highest BCUT2D eigenvalue weighted by Gasteiger charge is 2.87. The van der Waals surface area contributed by atoms with Crippen LogP contribution in [0.15, 0.2) is 46.5 Å². The van der Waals surface area contributed by atoms with Crippen molar-refractivity contribution in [2.45, 2.75) is 41.3 Å². The number of fused-ring (bicyclic) bond motifs is 5. The number of amides is 3. The molecule has 2 aliphatic heterocycles. The minimum absolute atomic E-state index is 0.0192. The lowest BCUT2D eigenvalue weighted by atomic mass is 9.84. The SMILES string of the molecule is Cc1cc(OC(=O)[C@@H]2CC(=O)N(c3c(C)cccc3C)C2)ccc1N1C(=O)[C@H]2[C@H](C1=O)[C@@]1(Cl)C(Cl)=C(Cl)[C@@]2(Cl)C1(Cl)Cl. The monoisotopic (exact) mass is 688 g/mol. The van der Waals surface area contributed by atoms with Gasteiger partial charge in [-0.15, -0.1) is 23.2 Å². The highest BCUT2D eigenvalue weighted by atomic mass is 35.5. The Morgan fingerprint density at radius 1 is 0.857 bits per heavy atom. The van der Waals surface area contributed by atoms with E-state index >= 15 is 0 Å². The second-order valence-corrected chi connectivity index (χ2v) is 14.4. The smallest absolute Gasteiger partial charge is 0.316 e. The third kappa shape index (κ3) is 3.67. The predicted octanol–water partition coefficient (Wildman–Crippen LogP) is 6.52. The first-order valence-electron chi connectivity index (χ1n) is 13.0. The van der Waals surface area contributed by atoms with Gasteiger partial charge in [0, 0.05) is 18.7 Å². The molecule has 0 radical (unpaired) electrons. The number of alkyl halides is 4. The topological polar surface area (TPSA) is 84.0 Å². The summed E-state index contributed by atoms with van der Waals surface area (Å²) in [6, 6.07) is 10.2. The van der Waals surface area contributed by atoms with E-state index in [1.807, 2.05) is 32.0 Å². The Kier molecular flexibility index (Phi) is 6.97. The van der Waals surface area contributed by atoms with Crippen LogP contribution in [-0.2, 0) is 19.2 Å². The van der Waals surface area contributed by atoms with Gasteiger partial charge in [0.05, 0.1) is 33.5 Å². The molecule has 3 fully saturated rings. The number of esters is 1. The Morgan fingerprint density at radius 2 is 1.40 bits per heavy atom. The lowest BCUT2D eigenvalue weighted by Crippen LogP contribution is -2.50. The molecule has 2 aromatic carbocycles. The van der Waals surface area contributed by atoms with Gasteiger partial charge in [-0.05, 0) is 55.7 Å². The molecule has 0 unspecified atom stereocenters. The molecule has 0 spiro atoms. The fourth-order valence-electron chi connectivity index (χ4n) is 6.69. The number of allylic oxidation sites excluding steroid dienone is 2. The molecule has 2 aliphatic carbocycles. The molecule has 13 heteroatoms. The van der Waals surface area contributed by atoms with Crippen LogP contribution >= 0.6 is 69.6 Å². The third-order valence-corrected chi connectivity index (χ3v) is 13.0. The molecule has 4 aliphatic rings. The van der Waals surface area contributed by atoms with Crippen molar-refractivity contribution in [1.29, 1.82) is 0 Å². The van der Waals surface area contributed by atoms with Crippen LogP contribution in [0.3, 0.4) is 0 Å². The van der Waals surface area contributed by atoms with Gasteiger partial charge in [0.15, 0.2) is 4.33 Å². The Labute approximate surface area is 271 Å². The maximum atomic E-state index is 13.7. The first-order chi connectivity index (χ1) is 19.6. The van der Waals surface area contributed by atoms with E-state index in [0.29, 0.717) is 5.56 Å². The number of rotatable bonds is 4. The Morgan fingerprint density at radius 3 is 1.93 bits per heavy atom. The highest BCUT2D eigenvalue weighted by Crippen LogP contribution is 2.77. The van der Waals surface area contributed by atoms with E-state index in [0.717, 1.165) is 21.7 Å². The fourth-order valence-corrected chi connectivity index (χ4v) is 9.62. The van der Waals surface area contributed by atoms with Crippen molar-refractivity contribution < 1.29 is 23.9 Å². The summed E-state index contributed by atoms with van der Waals surface area (Å²) in [4.78, 5) is 52.0. The summed E-state index contributed by atoms with van der Waals surface area (Å²) in [6.45, 7) is 5.68. The molecule has 2 heterocycles. The van der Waals surface area contributed by atoms with E-state index in [4.69, 9.17) is 74.3 Å². The van der Waals surface area contributed by atoms with Crippen LogP contribution in [0.1, 0.15) is 23.1 Å². The van der Waals surface area contributed by atoms with E-state index in [1.54, 1.807) is 11.8 Å². The number of hydrogen-bond donors (Lipinski definition) is 0. The lowest BCUT2D eigenvalue weighted by molar-refractivity contribution is -0.139. The molecule has 2 saturated heterocycles. The van der Waals surface area contributed by atoms with Crippen molar-refractivity contribution >= 4 is 105 Å². The van der Waals surface area contributed by atoms with Crippen molar-refractivity contribution in [2.75, 3.05) is 16.3 Å². The number of nitrogens with zero attached hydrogens (tertiary/aromatic N) is 2. The molecule has 1 saturated carbocycles. The zero-order chi connectivity index (χ0) is 30.7. The molecule has 220 valence electrons. The summed E-state index contributed by atoms with van der Waals surface area (Å²) < 4.78 is 3.60. The number of carbonyl (C=O) groups is 4. The summed E-state index contributed by atoms with van der Waals surface area (Å²) in [5.41, 5.74) is 3.37. The molecule has 5 atom stereocenters. The zero-order valence-corrected chi connectivity index (χ0v) is 26.8. The predicted molar refractivity (Wildman–Crippen MR) is 163 cm³/mol. The summed E-state index contributed by atoms with van der Waals surface area (Å²) in [7, 11) is 0. The molecule has 3 amide bonds. The van der Waals surface area contributed by atoms with E-state index in [2.05, 4.69) is 0 Å². The Hall–Kier alpha value is -2.00. The quantitative estimate of drug-likeness (QED) is 0.158. The number of imide groups is 1. The largest absolute Gasteiger partial charge is 0.426 e. The number of hydrogen-bond acceptors (Lipinski definition) is 5. The lowest BCUT2D eigenvalue weighted by Gasteiger charge is -2.34. The van der Waals surface area contributed by atoms with Crippen molar-refractivity contribution in [3.05, 3.63) is 63.2 Å². The van der Waals surface area contributed by atoms with Gasteiger partial charge in [0.1, 0.15) is 15.5 Å². The van der Waals surface area contributed by atoms with Crippen LogP contribution in [0.25, 0.3) is 0 Å². The number of benzene rings is 2. The van der Waals surface area contributed by atoms with E-state index in [9.17, 15) is 19.2 Å². The van der Waals surface area contributed by atoms with Crippen molar-refractivity contribution in [2.24, 2.45) is 17.8 Å². The minimum Gasteiger partial charge on any atom is -0.426 e. The third-order valence-electron chi connectivity index (χ3n) is 8.70. The second-order valence-electron chi connectivity index (χ2n) is 11.1. The first-order valence-corrected chi connectivity index (χ1v) is 15.2. The summed E-state index contributed by atoms with van der Waals surface area (Å²) in [5, 5.41) is -0.341.